The van der Waals surface area contributed by atoms with Crippen LogP contribution in [0.15, 0.2) is 60.9 Å². The predicted octanol–water partition coefficient (Wildman–Crippen LogP) is 3.51. The lowest BCUT2D eigenvalue weighted by molar-refractivity contribution is 0.0948. The lowest BCUT2D eigenvalue weighted by atomic mass is 10.1. The number of nitrogens with zero attached hydrogens (tertiary/aromatic N) is 2. The number of hydrogen-bond donors (Lipinski definition) is 2. The van der Waals surface area contributed by atoms with Gasteiger partial charge in [-0.2, -0.15) is 0 Å². The molecule has 1 amide bonds. The van der Waals surface area contributed by atoms with Crippen LogP contribution in [0.5, 0.6) is 5.75 Å². The van der Waals surface area contributed by atoms with Crippen molar-refractivity contribution >= 4 is 17.4 Å². The number of amides is 1. The number of anilines is 2. The molecule has 0 fully saturated rings. The number of methoxy groups -OCH3 is 1. The zero-order valence-electron chi connectivity index (χ0n) is 15.4. The van der Waals surface area contributed by atoms with Crippen molar-refractivity contribution in [2.75, 3.05) is 19.0 Å². The molecule has 1 heterocycles. The van der Waals surface area contributed by atoms with Crippen LogP contribution < -0.4 is 15.4 Å². The highest BCUT2D eigenvalue weighted by Gasteiger charge is 2.09. The summed E-state index contributed by atoms with van der Waals surface area (Å²) in [6, 6.07) is 15.7. The highest BCUT2D eigenvalue weighted by molar-refractivity contribution is 5.92. The second-order valence-corrected chi connectivity index (χ2v) is 6.10. The van der Waals surface area contributed by atoms with Gasteiger partial charge in [0.1, 0.15) is 17.3 Å². The number of para-hydroxylation sites is 1. The quantitative estimate of drug-likeness (QED) is 0.673. The van der Waals surface area contributed by atoms with Crippen LogP contribution in [0.2, 0.25) is 0 Å². The molecule has 6 heteroatoms. The van der Waals surface area contributed by atoms with Gasteiger partial charge in [0.05, 0.1) is 19.5 Å². The molecule has 0 spiro atoms. The third kappa shape index (κ3) is 5.04. The van der Waals surface area contributed by atoms with E-state index in [4.69, 9.17) is 4.74 Å². The van der Waals surface area contributed by atoms with E-state index in [0.717, 1.165) is 17.0 Å². The monoisotopic (exact) mass is 362 g/mol. The van der Waals surface area contributed by atoms with E-state index in [0.29, 0.717) is 18.8 Å². The lowest BCUT2D eigenvalue weighted by Gasteiger charge is -2.09. The van der Waals surface area contributed by atoms with Crippen LogP contribution in [0.25, 0.3) is 0 Å². The number of benzene rings is 2. The van der Waals surface area contributed by atoms with Gasteiger partial charge in [-0.15, -0.1) is 0 Å². The van der Waals surface area contributed by atoms with E-state index in [-0.39, 0.29) is 11.6 Å². The standard InChI is InChI=1S/C21H22N4O2/c1-15-7-9-17(10-8-15)25-20-14-23-18(13-24-20)21(26)22-12-11-16-5-3-4-6-19(16)27-2/h3-10,13-14H,11-12H2,1-2H3,(H,22,26)(H,24,25). The molecule has 2 aromatic carbocycles. The van der Waals surface area contributed by atoms with E-state index in [1.807, 2.05) is 55.5 Å². The average molecular weight is 362 g/mol. The molecule has 6 nitrogen and oxygen atoms in total. The summed E-state index contributed by atoms with van der Waals surface area (Å²) in [6.45, 7) is 2.52. The van der Waals surface area contributed by atoms with Crippen LogP contribution in [0.4, 0.5) is 11.5 Å². The Bertz CT molecular complexity index is 893. The van der Waals surface area contributed by atoms with Crippen molar-refractivity contribution in [2.45, 2.75) is 13.3 Å². The molecule has 0 aliphatic carbocycles. The van der Waals surface area contributed by atoms with Gasteiger partial charge in [0.25, 0.3) is 5.91 Å². The number of hydrogen-bond acceptors (Lipinski definition) is 5. The number of carbonyl (C=O) groups excluding carboxylic acids is 1. The van der Waals surface area contributed by atoms with Gasteiger partial charge in [0.15, 0.2) is 0 Å². The maximum absolute atomic E-state index is 12.2. The Hall–Kier alpha value is -3.41. The van der Waals surface area contributed by atoms with Gasteiger partial charge in [-0.05, 0) is 37.1 Å². The minimum absolute atomic E-state index is 0.251. The van der Waals surface area contributed by atoms with Gasteiger partial charge in [0, 0.05) is 12.2 Å². The molecule has 0 saturated heterocycles. The molecule has 0 radical (unpaired) electrons. The zero-order chi connectivity index (χ0) is 19.1. The molecule has 0 unspecified atom stereocenters. The first-order chi connectivity index (χ1) is 13.2. The molecule has 2 N–H and O–H groups in total. The fourth-order valence-electron chi connectivity index (χ4n) is 2.61. The van der Waals surface area contributed by atoms with Crippen molar-refractivity contribution in [3.8, 4) is 5.75 Å². The van der Waals surface area contributed by atoms with E-state index in [1.165, 1.54) is 11.8 Å². The lowest BCUT2D eigenvalue weighted by Crippen LogP contribution is -2.26. The summed E-state index contributed by atoms with van der Waals surface area (Å²) in [4.78, 5) is 20.7. The van der Waals surface area contributed by atoms with Crippen molar-refractivity contribution in [1.29, 1.82) is 0 Å². The number of nitrogens with one attached hydrogen (secondary N) is 2. The molecule has 0 bridgehead atoms. The summed E-state index contributed by atoms with van der Waals surface area (Å²) in [6.07, 6.45) is 3.69. The number of carbonyl (C=O) groups is 1. The molecule has 3 rings (SSSR count). The average Bonchev–Trinajstić information content (AvgIpc) is 2.70. The van der Waals surface area contributed by atoms with Crippen LogP contribution in [0.3, 0.4) is 0 Å². The minimum atomic E-state index is -0.251. The Balaban J connectivity index is 1.53. The third-order valence-electron chi connectivity index (χ3n) is 4.08. The largest absolute Gasteiger partial charge is 0.496 e. The number of aromatic nitrogens is 2. The van der Waals surface area contributed by atoms with Gasteiger partial charge in [-0.1, -0.05) is 35.9 Å². The third-order valence-corrected chi connectivity index (χ3v) is 4.08. The first-order valence-corrected chi connectivity index (χ1v) is 8.71. The van der Waals surface area contributed by atoms with Crippen LogP contribution in [-0.2, 0) is 6.42 Å². The Labute approximate surface area is 158 Å². The van der Waals surface area contributed by atoms with E-state index in [1.54, 1.807) is 13.3 Å². The topological polar surface area (TPSA) is 76.1 Å². The summed E-state index contributed by atoms with van der Waals surface area (Å²) in [5.41, 5.74) is 3.43. The molecular weight excluding hydrogens is 340 g/mol. The molecule has 0 aliphatic rings. The van der Waals surface area contributed by atoms with Gasteiger partial charge < -0.3 is 15.4 Å². The Morgan fingerprint density at radius 1 is 1.04 bits per heavy atom. The SMILES string of the molecule is COc1ccccc1CCNC(=O)c1cnc(Nc2ccc(C)cc2)cn1. The second-order valence-electron chi connectivity index (χ2n) is 6.10. The number of aryl methyl sites for hydroxylation is 1. The first-order valence-electron chi connectivity index (χ1n) is 8.71. The van der Waals surface area contributed by atoms with Gasteiger partial charge in [0.2, 0.25) is 0 Å². The maximum atomic E-state index is 12.2. The van der Waals surface area contributed by atoms with Crippen LogP contribution in [0, 0.1) is 6.92 Å². The second kappa shape index (κ2) is 8.80. The van der Waals surface area contributed by atoms with E-state index >= 15 is 0 Å². The Morgan fingerprint density at radius 3 is 2.52 bits per heavy atom. The van der Waals surface area contributed by atoms with Gasteiger partial charge >= 0.3 is 0 Å². The van der Waals surface area contributed by atoms with Crippen molar-refractivity contribution in [2.24, 2.45) is 0 Å². The predicted molar refractivity (Wildman–Crippen MR) is 106 cm³/mol. The van der Waals surface area contributed by atoms with Crippen LogP contribution >= 0.6 is 0 Å². The van der Waals surface area contributed by atoms with Crippen molar-refractivity contribution in [3.05, 3.63) is 77.7 Å². The van der Waals surface area contributed by atoms with E-state index in [9.17, 15) is 4.79 Å². The van der Waals surface area contributed by atoms with Gasteiger partial charge in [-0.3, -0.25) is 4.79 Å². The molecule has 138 valence electrons. The number of rotatable bonds is 7. The van der Waals surface area contributed by atoms with E-state index in [2.05, 4.69) is 20.6 Å². The van der Waals surface area contributed by atoms with Crippen molar-refractivity contribution in [1.82, 2.24) is 15.3 Å². The van der Waals surface area contributed by atoms with Crippen LogP contribution in [-0.4, -0.2) is 29.5 Å². The smallest absolute Gasteiger partial charge is 0.271 e. The number of ether oxygens (including phenoxy) is 1. The normalized spacial score (nSPS) is 10.3. The summed E-state index contributed by atoms with van der Waals surface area (Å²) < 4.78 is 5.31. The summed E-state index contributed by atoms with van der Waals surface area (Å²) in [7, 11) is 1.64. The fraction of sp³-hybridized carbons (Fsp3) is 0.190. The molecule has 1 aromatic heterocycles. The van der Waals surface area contributed by atoms with Gasteiger partial charge in [-0.25, -0.2) is 9.97 Å². The summed E-state index contributed by atoms with van der Waals surface area (Å²) in [5, 5.41) is 6.01. The van der Waals surface area contributed by atoms with Crippen molar-refractivity contribution < 1.29 is 9.53 Å². The molecule has 0 aliphatic heterocycles. The Morgan fingerprint density at radius 2 is 1.81 bits per heavy atom. The fourth-order valence-corrected chi connectivity index (χ4v) is 2.61. The van der Waals surface area contributed by atoms with E-state index < -0.39 is 0 Å². The molecule has 27 heavy (non-hydrogen) atoms. The molecular formula is C21H22N4O2. The summed E-state index contributed by atoms with van der Waals surface area (Å²) in [5.74, 6) is 1.15. The highest BCUT2D eigenvalue weighted by Crippen LogP contribution is 2.17. The highest BCUT2D eigenvalue weighted by atomic mass is 16.5. The zero-order valence-corrected chi connectivity index (χ0v) is 15.4. The molecule has 3 aromatic rings. The molecule has 0 saturated carbocycles. The Kier molecular flexibility index (Phi) is 5.99. The minimum Gasteiger partial charge on any atom is -0.496 e. The first kappa shape index (κ1) is 18.4. The maximum Gasteiger partial charge on any atom is 0.271 e. The molecule has 0 atom stereocenters. The summed E-state index contributed by atoms with van der Waals surface area (Å²) >= 11 is 0. The van der Waals surface area contributed by atoms with Crippen LogP contribution in [0.1, 0.15) is 21.6 Å². The van der Waals surface area contributed by atoms with Crippen molar-refractivity contribution in [3.63, 3.8) is 0 Å².